The molecule has 3 heterocycles. The van der Waals surface area contributed by atoms with Gasteiger partial charge in [0, 0.05) is 18.7 Å². The number of nitrogens with zero attached hydrogens (tertiary/aromatic N) is 2. The van der Waals surface area contributed by atoms with Crippen molar-refractivity contribution < 1.29 is 14.3 Å². The Bertz CT molecular complexity index is 1010. The zero-order valence-electron chi connectivity index (χ0n) is 16.6. The highest BCUT2D eigenvalue weighted by atomic mass is 16.5. The third kappa shape index (κ3) is 2.95. The number of carbonyl (C=O) groups is 1. The van der Waals surface area contributed by atoms with Crippen molar-refractivity contribution in [3.05, 3.63) is 50.9 Å². The van der Waals surface area contributed by atoms with Crippen LogP contribution in [0.2, 0.25) is 0 Å². The first-order valence-electron chi connectivity index (χ1n) is 10.3. The molecule has 2 aliphatic heterocycles. The van der Waals surface area contributed by atoms with E-state index in [4.69, 9.17) is 14.5 Å². The van der Waals surface area contributed by atoms with Gasteiger partial charge in [-0.15, -0.1) is 0 Å². The SMILES string of the molecule is COc1ccc2c(c1)C(C=O)OC21CCN(c2nc3c(c(=O)[nH]2)CCCC3)CC1. The molecule has 1 unspecified atom stereocenters. The highest BCUT2D eigenvalue weighted by Crippen LogP contribution is 2.49. The van der Waals surface area contributed by atoms with E-state index in [-0.39, 0.29) is 5.56 Å². The largest absolute Gasteiger partial charge is 0.497 e. The van der Waals surface area contributed by atoms with Crippen LogP contribution in [0.4, 0.5) is 5.95 Å². The smallest absolute Gasteiger partial charge is 0.255 e. The summed E-state index contributed by atoms with van der Waals surface area (Å²) in [4.78, 5) is 34.0. The Morgan fingerprint density at radius 3 is 2.83 bits per heavy atom. The molecule has 1 N–H and O–H groups in total. The van der Waals surface area contributed by atoms with Crippen molar-refractivity contribution in [3.63, 3.8) is 0 Å². The molecule has 152 valence electrons. The number of aldehydes is 1. The predicted octanol–water partition coefficient (Wildman–Crippen LogP) is 2.42. The van der Waals surface area contributed by atoms with Gasteiger partial charge in [-0.1, -0.05) is 6.07 Å². The Morgan fingerprint density at radius 2 is 2.07 bits per heavy atom. The Morgan fingerprint density at radius 1 is 1.28 bits per heavy atom. The van der Waals surface area contributed by atoms with Crippen molar-refractivity contribution in [3.8, 4) is 5.75 Å². The lowest BCUT2D eigenvalue weighted by Gasteiger charge is -2.39. The molecule has 1 aromatic carbocycles. The summed E-state index contributed by atoms with van der Waals surface area (Å²) in [5.41, 5.74) is 3.30. The maximum absolute atomic E-state index is 12.5. The van der Waals surface area contributed by atoms with Gasteiger partial charge in [0.25, 0.3) is 5.56 Å². The van der Waals surface area contributed by atoms with Crippen LogP contribution in [0, 0.1) is 0 Å². The lowest BCUT2D eigenvalue weighted by molar-refractivity contribution is -0.132. The van der Waals surface area contributed by atoms with Crippen LogP contribution in [0.3, 0.4) is 0 Å². The molecule has 5 rings (SSSR count). The number of aromatic amines is 1. The minimum atomic E-state index is -0.562. The molecule has 1 aliphatic carbocycles. The topological polar surface area (TPSA) is 84.5 Å². The molecule has 1 aromatic heterocycles. The molecular formula is C22H25N3O4. The number of nitrogens with one attached hydrogen (secondary N) is 1. The summed E-state index contributed by atoms with van der Waals surface area (Å²) in [5.74, 6) is 1.38. The van der Waals surface area contributed by atoms with Crippen molar-refractivity contribution in [1.29, 1.82) is 0 Å². The van der Waals surface area contributed by atoms with Crippen LogP contribution in [0.15, 0.2) is 23.0 Å². The number of rotatable bonds is 3. The average Bonchev–Trinajstić information content (AvgIpc) is 3.06. The minimum Gasteiger partial charge on any atom is -0.497 e. The number of piperidine rings is 1. The van der Waals surface area contributed by atoms with Crippen LogP contribution in [0.5, 0.6) is 5.75 Å². The van der Waals surface area contributed by atoms with Gasteiger partial charge >= 0.3 is 0 Å². The second kappa shape index (κ2) is 6.99. The third-order valence-electron chi connectivity index (χ3n) is 6.58. The Kier molecular flexibility index (Phi) is 4.42. The molecule has 0 amide bonds. The Hall–Kier alpha value is -2.67. The van der Waals surface area contributed by atoms with Gasteiger partial charge in [-0.3, -0.25) is 9.78 Å². The van der Waals surface area contributed by atoms with E-state index in [1.54, 1.807) is 7.11 Å². The molecule has 3 aliphatic rings. The number of aryl methyl sites for hydroxylation is 1. The Balaban J connectivity index is 1.41. The van der Waals surface area contributed by atoms with E-state index < -0.39 is 11.7 Å². The maximum Gasteiger partial charge on any atom is 0.255 e. The molecule has 1 fully saturated rings. The van der Waals surface area contributed by atoms with Gasteiger partial charge in [0.1, 0.15) is 11.9 Å². The van der Waals surface area contributed by atoms with Gasteiger partial charge in [0.2, 0.25) is 5.95 Å². The predicted molar refractivity (Wildman–Crippen MR) is 108 cm³/mol. The number of anilines is 1. The first-order valence-corrected chi connectivity index (χ1v) is 10.3. The number of H-pyrrole nitrogens is 1. The van der Waals surface area contributed by atoms with E-state index in [2.05, 4.69) is 9.88 Å². The van der Waals surface area contributed by atoms with Crippen molar-refractivity contribution in [2.75, 3.05) is 25.1 Å². The van der Waals surface area contributed by atoms with E-state index in [0.29, 0.717) is 19.0 Å². The van der Waals surface area contributed by atoms with Crippen molar-refractivity contribution in [1.82, 2.24) is 9.97 Å². The zero-order chi connectivity index (χ0) is 20.0. The third-order valence-corrected chi connectivity index (χ3v) is 6.58. The number of benzene rings is 1. The summed E-state index contributed by atoms with van der Waals surface area (Å²) in [6, 6.07) is 5.84. The van der Waals surface area contributed by atoms with E-state index in [9.17, 15) is 9.59 Å². The first kappa shape index (κ1) is 18.4. The van der Waals surface area contributed by atoms with Gasteiger partial charge in [0.05, 0.1) is 18.4 Å². The molecule has 29 heavy (non-hydrogen) atoms. The van der Waals surface area contributed by atoms with E-state index in [1.807, 2.05) is 18.2 Å². The zero-order valence-corrected chi connectivity index (χ0v) is 16.6. The molecule has 7 nitrogen and oxygen atoms in total. The van der Waals surface area contributed by atoms with Crippen molar-refractivity contribution in [2.24, 2.45) is 0 Å². The molecular weight excluding hydrogens is 370 g/mol. The van der Waals surface area contributed by atoms with E-state index in [1.165, 1.54) is 0 Å². The number of hydrogen-bond acceptors (Lipinski definition) is 6. The molecule has 7 heteroatoms. The van der Waals surface area contributed by atoms with Crippen molar-refractivity contribution >= 4 is 12.2 Å². The van der Waals surface area contributed by atoms with E-state index in [0.717, 1.165) is 72.9 Å². The summed E-state index contributed by atoms with van der Waals surface area (Å²) in [7, 11) is 1.62. The maximum atomic E-state index is 12.5. The van der Waals surface area contributed by atoms with Crippen LogP contribution in [0.25, 0.3) is 0 Å². The summed E-state index contributed by atoms with van der Waals surface area (Å²) >= 11 is 0. The minimum absolute atomic E-state index is 0.000521. The number of carbonyl (C=O) groups excluding carboxylic acids is 1. The standard InChI is InChI=1S/C22H25N3O4/c1-28-14-6-7-17-16(12-14)19(13-26)29-22(17)8-10-25(11-9-22)21-23-18-5-3-2-4-15(18)20(27)24-21/h6-7,12-13,19H,2-5,8-11H2,1H3,(H,23,24,27). The summed E-state index contributed by atoms with van der Waals surface area (Å²) in [6.07, 6.45) is 5.62. The fourth-order valence-electron chi connectivity index (χ4n) is 5.00. The van der Waals surface area contributed by atoms with Crippen molar-refractivity contribution in [2.45, 2.75) is 50.2 Å². The van der Waals surface area contributed by atoms with Gasteiger partial charge in [-0.25, -0.2) is 4.98 Å². The Labute approximate surface area is 169 Å². The van der Waals surface area contributed by atoms with Gasteiger partial charge < -0.3 is 19.2 Å². The monoisotopic (exact) mass is 395 g/mol. The lowest BCUT2D eigenvalue weighted by atomic mass is 9.83. The molecule has 0 bridgehead atoms. The second-order valence-corrected chi connectivity index (χ2v) is 8.13. The van der Waals surface area contributed by atoms with Crippen LogP contribution in [-0.4, -0.2) is 36.5 Å². The number of fused-ring (bicyclic) bond motifs is 3. The molecule has 0 radical (unpaired) electrons. The summed E-state index contributed by atoms with van der Waals surface area (Å²) in [5, 5.41) is 0. The fraction of sp³-hybridized carbons (Fsp3) is 0.500. The summed E-state index contributed by atoms with van der Waals surface area (Å²) in [6.45, 7) is 1.41. The molecule has 1 spiro atoms. The molecule has 1 saturated heterocycles. The van der Waals surface area contributed by atoms with Crippen LogP contribution >= 0.6 is 0 Å². The quantitative estimate of drug-likeness (QED) is 0.804. The normalized spacial score (nSPS) is 22.2. The van der Waals surface area contributed by atoms with Gasteiger partial charge in [-0.05, 0) is 61.8 Å². The van der Waals surface area contributed by atoms with Gasteiger partial charge in [-0.2, -0.15) is 0 Å². The van der Waals surface area contributed by atoms with Gasteiger partial charge in [0.15, 0.2) is 6.29 Å². The molecule has 0 saturated carbocycles. The molecule has 2 aromatic rings. The number of ether oxygens (including phenoxy) is 2. The number of methoxy groups -OCH3 is 1. The fourth-order valence-corrected chi connectivity index (χ4v) is 5.00. The molecule has 1 atom stereocenters. The number of hydrogen-bond donors (Lipinski definition) is 1. The average molecular weight is 395 g/mol. The second-order valence-electron chi connectivity index (χ2n) is 8.13. The highest BCUT2D eigenvalue weighted by Gasteiger charge is 2.47. The van der Waals surface area contributed by atoms with Crippen LogP contribution in [0.1, 0.15) is 54.2 Å². The summed E-state index contributed by atoms with van der Waals surface area (Å²) < 4.78 is 11.6. The highest BCUT2D eigenvalue weighted by molar-refractivity contribution is 5.65. The van der Waals surface area contributed by atoms with E-state index >= 15 is 0 Å². The number of aromatic nitrogens is 2. The van der Waals surface area contributed by atoms with Crippen LogP contribution < -0.4 is 15.2 Å². The lowest BCUT2D eigenvalue weighted by Crippen LogP contribution is -2.44. The first-order chi connectivity index (χ1) is 14.1. The van der Waals surface area contributed by atoms with Crippen LogP contribution in [-0.2, 0) is 28.0 Å².